The summed E-state index contributed by atoms with van der Waals surface area (Å²) in [5, 5.41) is 3.29. The van der Waals surface area contributed by atoms with Crippen LogP contribution in [0.25, 0.3) is 0 Å². The van der Waals surface area contributed by atoms with E-state index in [2.05, 4.69) is 15.3 Å². The molecule has 94 valence electrons. The number of hydrogen-bond donors (Lipinski definition) is 3. The van der Waals surface area contributed by atoms with Gasteiger partial charge in [-0.05, 0) is 12.8 Å². The first-order chi connectivity index (χ1) is 8.18. The molecule has 1 saturated carbocycles. The topological polar surface area (TPSA) is 83.8 Å². The summed E-state index contributed by atoms with van der Waals surface area (Å²) < 4.78 is 0. The van der Waals surface area contributed by atoms with Crippen LogP contribution in [0, 0.1) is 0 Å². The SMILES string of the molecule is NC1CCCCCC1Nc1nc[nH]c(=O)c1Cl. The van der Waals surface area contributed by atoms with Crippen molar-refractivity contribution in [2.75, 3.05) is 5.32 Å². The lowest BCUT2D eigenvalue weighted by molar-refractivity contribution is 0.527. The van der Waals surface area contributed by atoms with Gasteiger partial charge in [0.25, 0.3) is 5.56 Å². The molecule has 6 heteroatoms. The van der Waals surface area contributed by atoms with Crippen LogP contribution in [-0.4, -0.2) is 22.1 Å². The lowest BCUT2D eigenvalue weighted by atomic mass is 10.0. The third-order valence-corrected chi connectivity index (χ3v) is 3.54. The summed E-state index contributed by atoms with van der Waals surface area (Å²) in [5.41, 5.74) is 5.77. The van der Waals surface area contributed by atoms with Crippen LogP contribution in [0.4, 0.5) is 5.82 Å². The number of rotatable bonds is 2. The minimum Gasteiger partial charge on any atom is -0.364 e. The summed E-state index contributed by atoms with van der Waals surface area (Å²) in [7, 11) is 0. The molecule has 1 aliphatic carbocycles. The number of nitrogens with one attached hydrogen (secondary N) is 2. The summed E-state index contributed by atoms with van der Waals surface area (Å²) in [6, 6.07) is 0.235. The van der Waals surface area contributed by atoms with E-state index in [1.165, 1.54) is 12.7 Å². The highest BCUT2D eigenvalue weighted by molar-refractivity contribution is 6.32. The summed E-state index contributed by atoms with van der Waals surface area (Å²) in [6.45, 7) is 0. The van der Waals surface area contributed by atoms with E-state index in [-0.39, 0.29) is 22.7 Å². The number of halogens is 1. The van der Waals surface area contributed by atoms with Crippen molar-refractivity contribution in [1.29, 1.82) is 0 Å². The zero-order chi connectivity index (χ0) is 12.3. The van der Waals surface area contributed by atoms with Crippen LogP contribution in [-0.2, 0) is 0 Å². The first kappa shape index (κ1) is 12.4. The van der Waals surface area contributed by atoms with E-state index >= 15 is 0 Å². The fraction of sp³-hybridized carbons (Fsp3) is 0.636. The Kier molecular flexibility index (Phi) is 4.02. The summed E-state index contributed by atoms with van der Waals surface area (Å²) >= 11 is 5.89. The van der Waals surface area contributed by atoms with E-state index < -0.39 is 0 Å². The van der Waals surface area contributed by atoms with Gasteiger partial charge < -0.3 is 16.0 Å². The summed E-state index contributed by atoms with van der Waals surface area (Å²) in [5.74, 6) is 0.428. The maximum Gasteiger partial charge on any atom is 0.271 e. The van der Waals surface area contributed by atoms with Gasteiger partial charge in [0.05, 0.1) is 6.33 Å². The fourth-order valence-corrected chi connectivity index (χ4v) is 2.33. The largest absolute Gasteiger partial charge is 0.364 e. The van der Waals surface area contributed by atoms with Crippen molar-refractivity contribution in [1.82, 2.24) is 9.97 Å². The molecular formula is C11H17ClN4O. The molecule has 1 aliphatic rings. The van der Waals surface area contributed by atoms with Gasteiger partial charge >= 0.3 is 0 Å². The van der Waals surface area contributed by atoms with Gasteiger partial charge in [-0.25, -0.2) is 4.98 Å². The second-order valence-corrected chi connectivity index (χ2v) is 4.82. The van der Waals surface area contributed by atoms with Crippen LogP contribution >= 0.6 is 11.6 Å². The van der Waals surface area contributed by atoms with Gasteiger partial charge in [-0.1, -0.05) is 30.9 Å². The Hall–Kier alpha value is -1.07. The Balaban J connectivity index is 2.13. The fourth-order valence-electron chi connectivity index (χ4n) is 2.17. The molecule has 0 amide bonds. The standard InChI is InChI=1S/C11H17ClN4O/c12-9-10(14-6-15-11(9)17)16-8-5-3-1-2-4-7(8)13/h6-8H,1-5,13H2,(H2,14,15,16,17). The Morgan fingerprint density at radius 2 is 2.18 bits per heavy atom. The maximum absolute atomic E-state index is 11.3. The number of nitrogens with two attached hydrogens (primary N) is 1. The van der Waals surface area contributed by atoms with Crippen molar-refractivity contribution < 1.29 is 0 Å². The molecule has 0 spiro atoms. The van der Waals surface area contributed by atoms with Crippen molar-refractivity contribution >= 4 is 17.4 Å². The molecule has 1 aromatic heterocycles. The lowest BCUT2D eigenvalue weighted by Gasteiger charge is -2.23. The summed E-state index contributed by atoms with van der Waals surface area (Å²) in [4.78, 5) is 17.8. The molecule has 0 radical (unpaired) electrons. The van der Waals surface area contributed by atoms with Gasteiger partial charge in [0.1, 0.15) is 5.02 Å². The number of anilines is 1. The van der Waals surface area contributed by atoms with E-state index in [9.17, 15) is 4.79 Å². The third kappa shape index (κ3) is 2.98. The Morgan fingerprint density at radius 3 is 3.00 bits per heavy atom. The van der Waals surface area contributed by atoms with E-state index in [4.69, 9.17) is 17.3 Å². The zero-order valence-corrected chi connectivity index (χ0v) is 10.3. The minimum atomic E-state index is -0.327. The van der Waals surface area contributed by atoms with Crippen LogP contribution in [0.2, 0.25) is 5.02 Å². The molecule has 2 rings (SSSR count). The van der Waals surface area contributed by atoms with E-state index in [1.807, 2.05) is 0 Å². The van der Waals surface area contributed by atoms with Crippen molar-refractivity contribution in [3.05, 3.63) is 21.7 Å². The van der Waals surface area contributed by atoms with Crippen molar-refractivity contribution in [2.45, 2.75) is 44.2 Å². The molecule has 4 N–H and O–H groups in total. The number of hydrogen-bond acceptors (Lipinski definition) is 4. The highest BCUT2D eigenvalue weighted by Gasteiger charge is 2.21. The summed E-state index contributed by atoms with van der Waals surface area (Å²) in [6.07, 6.45) is 6.85. The molecule has 0 aliphatic heterocycles. The number of H-pyrrole nitrogens is 1. The zero-order valence-electron chi connectivity index (χ0n) is 9.58. The molecule has 0 bridgehead atoms. The van der Waals surface area contributed by atoms with Crippen LogP contribution < -0.4 is 16.6 Å². The van der Waals surface area contributed by atoms with Crippen LogP contribution in [0.3, 0.4) is 0 Å². The highest BCUT2D eigenvalue weighted by Crippen LogP contribution is 2.21. The number of nitrogens with zero attached hydrogens (tertiary/aromatic N) is 1. The normalized spacial score (nSPS) is 25.3. The maximum atomic E-state index is 11.3. The van der Waals surface area contributed by atoms with Gasteiger partial charge in [0.15, 0.2) is 5.82 Å². The van der Waals surface area contributed by atoms with E-state index in [0.29, 0.717) is 5.82 Å². The van der Waals surface area contributed by atoms with Gasteiger partial charge in [0.2, 0.25) is 0 Å². The average molecular weight is 257 g/mol. The van der Waals surface area contributed by atoms with Crippen molar-refractivity contribution in [3.63, 3.8) is 0 Å². The molecule has 1 heterocycles. The van der Waals surface area contributed by atoms with Gasteiger partial charge in [-0.3, -0.25) is 4.79 Å². The lowest BCUT2D eigenvalue weighted by Crippen LogP contribution is -2.39. The van der Waals surface area contributed by atoms with Crippen molar-refractivity contribution in [2.24, 2.45) is 5.73 Å². The molecule has 0 saturated heterocycles. The van der Waals surface area contributed by atoms with Gasteiger partial charge in [-0.15, -0.1) is 0 Å². The van der Waals surface area contributed by atoms with E-state index in [1.54, 1.807) is 0 Å². The molecule has 1 aromatic rings. The van der Waals surface area contributed by atoms with E-state index in [0.717, 1.165) is 25.7 Å². The number of aromatic amines is 1. The minimum absolute atomic E-state index is 0.0923. The molecule has 5 nitrogen and oxygen atoms in total. The Bertz CT molecular complexity index is 434. The first-order valence-corrected chi connectivity index (χ1v) is 6.31. The predicted molar refractivity (Wildman–Crippen MR) is 68.3 cm³/mol. The third-order valence-electron chi connectivity index (χ3n) is 3.19. The van der Waals surface area contributed by atoms with Crippen LogP contribution in [0.1, 0.15) is 32.1 Å². The Morgan fingerprint density at radius 1 is 1.41 bits per heavy atom. The van der Waals surface area contributed by atoms with Crippen LogP contribution in [0.5, 0.6) is 0 Å². The monoisotopic (exact) mass is 256 g/mol. The smallest absolute Gasteiger partial charge is 0.271 e. The molecule has 2 unspecified atom stereocenters. The number of aromatic nitrogens is 2. The first-order valence-electron chi connectivity index (χ1n) is 5.94. The molecule has 2 atom stereocenters. The average Bonchev–Trinajstić information content (AvgIpc) is 2.51. The molecule has 1 fully saturated rings. The highest BCUT2D eigenvalue weighted by atomic mass is 35.5. The van der Waals surface area contributed by atoms with Crippen LogP contribution in [0.15, 0.2) is 11.1 Å². The van der Waals surface area contributed by atoms with Crippen molar-refractivity contribution in [3.8, 4) is 0 Å². The quantitative estimate of drug-likeness (QED) is 0.700. The second-order valence-electron chi connectivity index (χ2n) is 4.45. The predicted octanol–water partition coefficient (Wildman–Crippen LogP) is 1.50. The van der Waals surface area contributed by atoms with Gasteiger partial charge in [-0.2, -0.15) is 0 Å². The Labute approximate surface area is 105 Å². The second kappa shape index (κ2) is 5.51. The molecular weight excluding hydrogens is 240 g/mol. The molecule has 17 heavy (non-hydrogen) atoms. The molecule has 0 aromatic carbocycles. The van der Waals surface area contributed by atoms with Gasteiger partial charge in [0, 0.05) is 12.1 Å².